The van der Waals surface area contributed by atoms with Crippen LogP contribution in [-0.2, 0) is 0 Å². The molecule has 4 nitrogen and oxygen atoms in total. The molecule has 0 N–H and O–H groups in total. The average molecular weight is 313 g/mol. The maximum absolute atomic E-state index is 12.6. The van der Waals surface area contributed by atoms with E-state index in [-0.39, 0.29) is 5.56 Å². The number of nitrogens with zero attached hydrogens (tertiary/aromatic N) is 3. The third-order valence-electron chi connectivity index (χ3n) is 3.83. The summed E-state index contributed by atoms with van der Waals surface area (Å²) in [5.41, 5.74) is 3.13. The van der Waals surface area contributed by atoms with Crippen LogP contribution in [0, 0.1) is 6.92 Å². The van der Waals surface area contributed by atoms with Gasteiger partial charge in [0.15, 0.2) is 4.96 Å². The first-order chi connectivity index (χ1) is 10.6. The van der Waals surface area contributed by atoms with Crippen LogP contribution in [0.1, 0.15) is 19.4 Å². The van der Waals surface area contributed by atoms with Crippen LogP contribution in [0.5, 0.6) is 0 Å². The van der Waals surface area contributed by atoms with Gasteiger partial charge in [-0.2, -0.15) is 0 Å². The highest BCUT2D eigenvalue weighted by Gasteiger charge is 2.12. The second-order valence-electron chi connectivity index (χ2n) is 5.23. The number of aryl methyl sites for hydroxylation is 1. The molecule has 114 valence electrons. The normalized spacial score (nSPS) is 11.0. The Balaban J connectivity index is 2.16. The van der Waals surface area contributed by atoms with Crippen molar-refractivity contribution in [1.29, 1.82) is 0 Å². The molecule has 3 rings (SSSR count). The highest BCUT2D eigenvalue weighted by Crippen LogP contribution is 2.25. The van der Waals surface area contributed by atoms with Crippen molar-refractivity contribution in [3.8, 4) is 11.3 Å². The van der Waals surface area contributed by atoms with Crippen molar-refractivity contribution in [2.24, 2.45) is 0 Å². The summed E-state index contributed by atoms with van der Waals surface area (Å²) in [7, 11) is 0. The summed E-state index contributed by atoms with van der Waals surface area (Å²) < 4.78 is 1.70. The van der Waals surface area contributed by atoms with Gasteiger partial charge in [0, 0.05) is 24.5 Å². The molecule has 0 radical (unpaired) electrons. The summed E-state index contributed by atoms with van der Waals surface area (Å²) in [5.74, 6) is 0.757. The maximum Gasteiger partial charge on any atom is 0.261 e. The highest BCUT2D eigenvalue weighted by molar-refractivity contribution is 7.15. The third kappa shape index (κ3) is 2.52. The summed E-state index contributed by atoms with van der Waals surface area (Å²) in [6.07, 6.45) is 0. The van der Waals surface area contributed by atoms with Crippen LogP contribution in [0.3, 0.4) is 0 Å². The molecular weight excluding hydrogens is 294 g/mol. The minimum Gasteiger partial charge on any atom is -0.357 e. The smallest absolute Gasteiger partial charge is 0.261 e. The van der Waals surface area contributed by atoms with E-state index in [2.05, 4.69) is 42.8 Å². The monoisotopic (exact) mass is 313 g/mol. The highest BCUT2D eigenvalue weighted by atomic mass is 32.1. The number of thiazole rings is 1. The van der Waals surface area contributed by atoms with Gasteiger partial charge in [-0.1, -0.05) is 29.8 Å². The lowest BCUT2D eigenvalue weighted by Gasteiger charge is -2.19. The predicted octanol–water partition coefficient (Wildman–Crippen LogP) is 3.58. The van der Waals surface area contributed by atoms with Crippen LogP contribution >= 0.6 is 11.3 Å². The third-order valence-corrected chi connectivity index (χ3v) is 4.65. The number of anilines is 1. The van der Waals surface area contributed by atoms with Crippen molar-refractivity contribution in [2.45, 2.75) is 20.8 Å². The van der Waals surface area contributed by atoms with Gasteiger partial charge in [0.25, 0.3) is 5.56 Å². The summed E-state index contributed by atoms with van der Waals surface area (Å²) in [6.45, 7) is 7.88. The molecule has 22 heavy (non-hydrogen) atoms. The first-order valence-electron chi connectivity index (χ1n) is 7.47. The fourth-order valence-electron chi connectivity index (χ4n) is 2.54. The molecule has 0 fully saturated rings. The fourth-order valence-corrected chi connectivity index (χ4v) is 3.44. The van der Waals surface area contributed by atoms with Gasteiger partial charge in [-0.3, -0.25) is 9.20 Å². The number of aromatic nitrogens is 2. The lowest BCUT2D eigenvalue weighted by atomic mass is 10.1. The summed E-state index contributed by atoms with van der Waals surface area (Å²) in [5, 5.41) is 2.00. The van der Waals surface area contributed by atoms with E-state index in [1.54, 1.807) is 10.5 Å². The standard InChI is InChI=1S/C17H19N3OS/c1-4-19(5-2)15-10-16(21)20-14(11-22-17(20)18-15)13-8-6-12(3)7-9-13/h6-11H,4-5H2,1-3H3. The van der Waals surface area contributed by atoms with E-state index in [0.717, 1.165) is 35.1 Å². The van der Waals surface area contributed by atoms with Crippen molar-refractivity contribution in [3.05, 3.63) is 51.6 Å². The molecule has 0 atom stereocenters. The number of hydrogen-bond acceptors (Lipinski definition) is 4. The van der Waals surface area contributed by atoms with E-state index in [9.17, 15) is 4.79 Å². The molecule has 2 aromatic heterocycles. The molecule has 2 heterocycles. The van der Waals surface area contributed by atoms with E-state index in [0.29, 0.717) is 0 Å². The Morgan fingerprint density at radius 3 is 2.50 bits per heavy atom. The van der Waals surface area contributed by atoms with Gasteiger partial charge in [-0.05, 0) is 26.3 Å². The van der Waals surface area contributed by atoms with E-state index in [1.165, 1.54) is 16.9 Å². The van der Waals surface area contributed by atoms with E-state index >= 15 is 0 Å². The van der Waals surface area contributed by atoms with Crippen LogP contribution in [0.25, 0.3) is 16.2 Å². The maximum atomic E-state index is 12.6. The molecule has 0 amide bonds. The number of rotatable bonds is 4. The Hall–Kier alpha value is -2.14. The molecule has 5 heteroatoms. The average Bonchev–Trinajstić information content (AvgIpc) is 2.94. The van der Waals surface area contributed by atoms with Gasteiger partial charge in [0.05, 0.1) is 5.69 Å². The topological polar surface area (TPSA) is 37.6 Å². The molecule has 0 unspecified atom stereocenters. The zero-order valence-corrected chi connectivity index (χ0v) is 13.9. The molecule has 1 aromatic carbocycles. The summed E-state index contributed by atoms with van der Waals surface area (Å²) >= 11 is 1.50. The Morgan fingerprint density at radius 1 is 1.18 bits per heavy atom. The van der Waals surface area contributed by atoms with Crippen molar-refractivity contribution in [2.75, 3.05) is 18.0 Å². The van der Waals surface area contributed by atoms with E-state index in [1.807, 2.05) is 17.5 Å². The first-order valence-corrected chi connectivity index (χ1v) is 8.35. The number of benzene rings is 1. The van der Waals surface area contributed by atoms with Crippen molar-refractivity contribution < 1.29 is 0 Å². The second kappa shape index (κ2) is 5.93. The van der Waals surface area contributed by atoms with Crippen LogP contribution < -0.4 is 10.5 Å². The van der Waals surface area contributed by atoms with Gasteiger partial charge in [0.1, 0.15) is 5.82 Å². The SMILES string of the molecule is CCN(CC)c1cc(=O)n2c(-c3ccc(C)cc3)csc2n1. The van der Waals surface area contributed by atoms with Crippen molar-refractivity contribution in [3.63, 3.8) is 0 Å². The van der Waals surface area contributed by atoms with Crippen LogP contribution in [0.2, 0.25) is 0 Å². The summed E-state index contributed by atoms with van der Waals surface area (Å²) in [4.78, 5) is 20.0. The quantitative estimate of drug-likeness (QED) is 0.739. The Labute approximate surface area is 133 Å². The van der Waals surface area contributed by atoms with E-state index < -0.39 is 0 Å². The van der Waals surface area contributed by atoms with Gasteiger partial charge in [-0.15, -0.1) is 11.3 Å². The minimum atomic E-state index is -0.0243. The first kappa shape index (κ1) is 14.8. The Bertz CT molecular complexity index is 844. The van der Waals surface area contributed by atoms with Crippen molar-refractivity contribution in [1.82, 2.24) is 9.38 Å². The van der Waals surface area contributed by atoms with Crippen molar-refractivity contribution >= 4 is 22.1 Å². The van der Waals surface area contributed by atoms with Crippen LogP contribution in [0.15, 0.2) is 40.5 Å². The molecule has 0 aliphatic rings. The van der Waals surface area contributed by atoms with Crippen LogP contribution in [0.4, 0.5) is 5.82 Å². The zero-order chi connectivity index (χ0) is 15.7. The van der Waals surface area contributed by atoms with E-state index in [4.69, 9.17) is 0 Å². The van der Waals surface area contributed by atoms with Gasteiger partial charge < -0.3 is 4.90 Å². The zero-order valence-electron chi connectivity index (χ0n) is 13.0. The minimum absolute atomic E-state index is 0.0243. The number of hydrogen-bond donors (Lipinski definition) is 0. The van der Waals surface area contributed by atoms with Crippen LogP contribution in [-0.4, -0.2) is 22.5 Å². The molecular formula is C17H19N3OS. The molecule has 3 aromatic rings. The molecule has 0 saturated heterocycles. The Morgan fingerprint density at radius 2 is 1.86 bits per heavy atom. The second-order valence-corrected chi connectivity index (χ2v) is 6.07. The molecule has 0 saturated carbocycles. The number of fused-ring (bicyclic) bond motifs is 1. The lowest BCUT2D eigenvalue weighted by molar-refractivity contribution is 0.842. The predicted molar refractivity (Wildman–Crippen MR) is 93.1 cm³/mol. The fraction of sp³-hybridized carbons (Fsp3) is 0.294. The summed E-state index contributed by atoms with van der Waals surface area (Å²) in [6, 6.07) is 9.83. The molecule has 0 bridgehead atoms. The van der Waals surface area contributed by atoms with Gasteiger partial charge in [0.2, 0.25) is 0 Å². The molecule has 0 spiro atoms. The van der Waals surface area contributed by atoms with Gasteiger partial charge >= 0.3 is 0 Å². The van der Waals surface area contributed by atoms with Gasteiger partial charge in [-0.25, -0.2) is 4.98 Å². The lowest BCUT2D eigenvalue weighted by Crippen LogP contribution is -2.26. The largest absolute Gasteiger partial charge is 0.357 e. The Kier molecular flexibility index (Phi) is 3.98. The molecule has 0 aliphatic heterocycles. The molecule has 0 aliphatic carbocycles.